The zero-order valence-electron chi connectivity index (χ0n) is 9.72. The van der Waals surface area contributed by atoms with E-state index in [0.717, 1.165) is 23.6 Å². The maximum atomic E-state index is 5.86. The molecule has 3 atom stereocenters. The van der Waals surface area contributed by atoms with Gasteiger partial charge < -0.3 is 10.5 Å². The zero-order valence-corrected chi connectivity index (χ0v) is 10.5. The molecule has 1 fully saturated rings. The number of nitrogens with two attached hydrogens (primary N) is 1. The van der Waals surface area contributed by atoms with Gasteiger partial charge in [-0.15, -0.1) is 11.8 Å². The Morgan fingerprint density at radius 2 is 2.44 bits per heavy atom. The maximum absolute atomic E-state index is 5.86. The van der Waals surface area contributed by atoms with Crippen LogP contribution in [0.1, 0.15) is 31.9 Å². The van der Waals surface area contributed by atoms with E-state index in [4.69, 9.17) is 10.5 Å². The average molecular weight is 238 g/mol. The number of rotatable bonds is 3. The molecule has 0 bridgehead atoms. The van der Waals surface area contributed by atoms with Crippen LogP contribution in [0.15, 0.2) is 23.4 Å². The van der Waals surface area contributed by atoms with Crippen LogP contribution in [0, 0.1) is 0 Å². The normalized spacial score (nSPS) is 26.9. The first-order valence-corrected chi connectivity index (χ1v) is 6.54. The van der Waals surface area contributed by atoms with Gasteiger partial charge in [-0.1, -0.05) is 0 Å². The molecule has 1 aromatic heterocycles. The van der Waals surface area contributed by atoms with Crippen molar-refractivity contribution < 1.29 is 4.74 Å². The quantitative estimate of drug-likeness (QED) is 0.878. The van der Waals surface area contributed by atoms with E-state index in [1.165, 1.54) is 0 Å². The first kappa shape index (κ1) is 11.9. The molecule has 0 amide bonds. The van der Waals surface area contributed by atoms with E-state index in [1.54, 1.807) is 11.8 Å². The summed E-state index contributed by atoms with van der Waals surface area (Å²) in [6, 6.07) is 4.13. The number of ether oxygens (including phenoxy) is 1. The summed E-state index contributed by atoms with van der Waals surface area (Å²) in [6.45, 7) is 4.98. The molecule has 4 heteroatoms. The van der Waals surface area contributed by atoms with Crippen molar-refractivity contribution in [1.82, 2.24) is 4.98 Å². The minimum absolute atomic E-state index is 0.0691. The molecule has 16 heavy (non-hydrogen) atoms. The lowest BCUT2D eigenvalue weighted by Crippen LogP contribution is -2.13. The van der Waals surface area contributed by atoms with Crippen molar-refractivity contribution >= 4 is 11.8 Å². The molecule has 0 radical (unpaired) electrons. The van der Waals surface area contributed by atoms with Crippen molar-refractivity contribution in [3.8, 4) is 0 Å². The van der Waals surface area contributed by atoms with E-state index >= 15 is 0 Å². The Kier molecular flexibility index (Phi) is 3.84. The van der Waals surface area contributed by atoms with Gasteiger partial charge in [0, 0.05) is 24.1 Å². The van der Waals surface area contributed by atoms with Crippen LogP contribution in [-0.2, 0) is 4.74 Å². The van der Waals surface area contributed by atoms with Crippen LogP contribution in [0.2, 0.25) is 0 Å². The molecule has 88 valence electrons. The minimum Gasteiger partial charge on any atom is -0.377 e. The topological polar surface area (TPSA) is 48.1 Å². The highest BCUT2D eigenvalue weighted by atomic mass is 32.2. The molecular weight excluding hydrogens is 220 g/mol. The third-order valence-electron chi connectivity index (χ3n) is 2.86. The number of aromatic nitrogens is 1. The van der Waals surface area contributed by atoms with Gasteiger partial charge >= 0.3 is 0 Å². The van der Waals surface area contributed by atoms with Gasteiger partial charge in [0.05, 0.1) is 11.1 Å². The summed E-state index contributed by atoms with van der Waals surface area (Å²) in [6.07, 6.45) is 3.27. The van der Waals surface area contributed by atoms with Gasteiger partial charge in [0.25, 0.3) is 0 Å². The lowest BCUT2D eigenvalue weighted by molar-refractivity contribution is 0.127. The summed E-state index contributed by atoms with van der Waals surface area (Å²) in [7, 11) is 0. The molecule has 0 spiro atoms. The first-order chi connectivity index (χ1) is 7.66. The van der Waals surface area contributed by atoms with Crippen molar-refractivity contribution in [2.45, 2.75) is 42.7 Å². The van der Waals surface area contributed by atoms with Crippen LogP contribution in [0.25, 0.3) is 0 Å². The smallest absolute Gasteiger partial charge is 0.0966 e. The number of thioether (sulfide) groups is 1. The SMILES string of the molecule is CC(N)c1ccnc(SC2CCOC2C)c1. The third kappa shape index (κ3) is 2.75. The van der Waals surface area contributed by atoms with Gasteiger partial charge in [-0.3, -0.25) is 0 Å². The van der Waals surface area contributed by atoms with Crippen LogP contribution in [0.3, 0.4) is 0 Å². The molecule has 1 aliphatic rings. The van der Waals surface area contributed by atoms with Crippen LogP contribution >= 0.6 is 11.8 Å². The molecule has 0 aliphatic carbocycles. The van der Waals surface area contributed by atoms with Crippen LogP contribution in [0.5, 0.6) is 0 Å². The molecular formula is C12H18N2OS. The van der Waals surface area contributed by atoms with E-state index < -0.39 is 0 Å². The van der Waals surface area contributed by atoms with E-state index in [0.29, 0.717) is 11.4 Å². The largest absolute Gasteiger partial charge is 0.377 e. The van der Waals surface area contributed by atoms with Gasteiger partial charge in [0.15, 0.2) is 0 Å². The Balaban J connectivity index is 2.06. The van der Waals surface area contributed by atoms with Gasteiger partial charge in [0.2, 0.25) is 0 Å². The third-order valence-corrected chi connectivity index (χ3v) is 4.25. The van der Waals surface area contributed by atoms with Crippen molar-refractivity contribution in [2.24, 2.45) is 5.73 Å². The average Bonchev–Trinajstić information content (AvgIpc) is 2.65. The Morgan fingerprint density at radius 3 is 3.06 bits per heavy atom. The second kappa shape index (κ2) is 5.17. The fourth-order valence-corrected chi connectivity index (χ4v) is 2.91. The fourth-order valence-electron chi connectivity index (χ4n) is 1.79. The van der Waals surface area contributed by atoms with Crippen LogP contribution < -0.4 is 5.73 Å². The van der Waals surface area contributed by atoms with Gasteiger partial charge in [-0.05, 0) is 38.0 Å². The van der Waals surface area contributed by atoms with E-state index in [2.05, 4.69) is 18.0 Å². The number of nitrogens with zero attached hydrogens (tertiary/aromatic N) is 1. The number of hydrogen-bond donors (Lipinski definition) is 1. The Hall–Kier alpha value is -0.580. The second-order valence-corrected chi connectivity index (χ2v) is 5.50. The standard InChI is InChI=1S/C12H18N2OS/c1-8(13)10-3-5-14-12(7-10)16-11-4-6-15-9(11)2/h3,5,7-9,11H,4,6,13H2,1-2H3. The predicted octanol–water partition coefficient (Wildman–Crippen LogP) is 2.37. The zero-order chi connectivity index (χ0) is 11.5. The highest BCUT2D eigenvalue weighted by molar-refractivity contribution is 7.99. The summed E-state index contributed by atoms with van der Waals surface area (Å²) < 4.78 is 5.54. The minimum atomic E-state index is 0.0691. The van der Waals surface area contributed by atoms with Crippen molar-refractivity contribution in [3.63, 3.8) is 0 Å². The molecule has 2 heterocycles. The molecule has 2 rings (SSSR count). The summed E-state index contributed by atoms with van der Waals surface area (Å²) in [5.41, 5.74) is 7.00. The summed E-state index contributed by atoms with van der Waals surface area (Å²) in [4.78, 5) is 4.37. The maximum Gasteiger partial charge on any atom is 0.0966 e. The summed E-state index contributed by atoms with van der Waals surface area (Å²) in [5, 5.41) is 1.58. The lowest BCUT2D eigenvalue weighted by Gasteiger charge is -2.13. The molecule has 3 unspecified atom stereocenters. The highest BCUT2D eigenvalue weighted by Crippen LogP contribution is 2.31. The second-order valence-electron chi connectivity index (χ2n) is 4.24. The van der Waals surface area contributed by atoms with E-state index in [-0.39, 0.29) is 6.04 Å². The fraction of sp³-hybridized carbons (Fsp3) is 0.583. The van der Waals surface area contributed by atoms with Gasteiger partial charge in [0.1, 0.15) is 0 Å². The summed E-state index contributed by atoms with van der Waals surface area (Å²) >= 11 is 1.80. The summed E-state index contributed by atoms with van der Waals surface area (Å²) in [5.74, 6) is 0. The van der Waals surface area contributed by atoms with Gasteiger partial charge in [-0.25, -0.2) is 4.98 Å². The number of pyridine rings is 1. The molecule has 2 N–H and O–H groups in total. The molecule has 3 nitrogen and oxygen atoms in total. The van der Waals surface area contributed by atoms with Crippen molar-refractivity contribution in [2.75, 3.05) is 6.61 Å². The number of hydrogen-bond acceptors (Lipinski definition) is 4. The molecule has 0 saturated carbocycles. The molecule has 1 aromatic rings. The molecule has 1 saturated heterocycles. The van der Waals surface area contributed by atoms with Gasteiger partial charge in [-0.2, -0.15) is 0 Å². The Morgan fingerprint density at radius 1 is 1.62 bits per heavy atom. The van der Waals surface area contributed by atoms with Crippen molar-refractivity contribution in [3.05, 3.63) is 23.9 Å². The lowest BCUT2D eigenvalue weighted by atomic mass is 10.1. The van der Waals surface area contributed by atoms with Crippen LogP contribution in [0.4, 0.5) is 0 Å². The highest BCUT2D eigenvalue weighted by Gasteiger charge is 2.25. The van der Waals surface area contributed by atoms with E-state index in [9.17, 15) is 0 Å². The molecule has 1 aliphatic heterocycles. The predicted molar refractivity (Wildman–Crippen MR) is 66.5 cm³/mol. The Labute approximate surface area is 101 Å². The first-order valence-electron chi connectivity index (χ1n) is 5.66. The van der Waals surface area contributed by atoms with E-state index in [1.807, 2.05) is 19.2 Å². The monoisotopic (exact) mass is 238 g/mol. The Bertz CT molecular complexity index is 357. The van der Waals surface area contributed by atoms with Crippen LogP contribution in [-0.4, -0.2) is 22.9 Å². The molecule has 0 aromatic carbocycles. The van der Waals surface area contributed by atoms with Crippen molar-refractivity contribution in [1.29, 1.82) is 0 Å².